The maximum absolute atomic E-state index is 11.2. The quantitative estimate of drug-likeness (QED) is 0.504. The van der Waals surface area contributed by atoms with Crippen LogP contribution in [-0.4, -0.2) is 22.8 Å². The Morgan fingerprint density at radius 2 is 2.45 bits per heavy atom. The minimum Gasteiger partial charge on any atom is -0.275 e. The van der Waals surface area contributed by atoms with Gasteiger partial charge in [0.05, 0.1) is 0 Å². The zero-order chi connectivity index (χ0) is 8.01. The third kappa shape index (κ3) is 0.737. The molecule has 0 radical (unpaired) electrons. The topological polar surface area (TPSA) is 37.4 Å². The Morgan fingerprint density at radius 3 is 2.82 bits per heavy atom. The first-order valence-corrected chi connectivity index (χ1v) is 3.73. The van der Waals surface area contributed by atoms with Crippen LogP contribution in [0, 0.1) is 0 Å². The van der Waals surface area contributed by atoms with E-state index < -0.39 is 0 Å². The van der Waals surface area contributed by atoms with Gasteiger partial charge in [-0.05, 0) is 12.8 Å². The minimum absolute atomic E-state index is 0.0752. The van der Waals surface area contributed by atoms with Crippen LogP contribution < -0.4 is 0 Å². The van der Waals surface area contributed by atoms with Crippen molar-refractivity contribution in [3.63, 3.8) is 0 Å². The third-order valence-electron chi connectivity index (χ3n) is 2.29. The number of rotatable bonds is 0. The van der Waals surface area contributed by atoms with E-state index in [-0.39, 0.29) is 17.9 Å². The highest BCUT2D eigenvalue weighted by atomic mass is 16.2. The van der Waals surface area contributed by atoms with Crippen molar-refractivity contribution in [3.8, 4) is 0 Å². The van der Waals surface area contributed by atoms with Gasteiger partial charge in [-0.15, -0.1) is 0 Å². The Labute approximate surface area is 64.7 Å². The molecule has 2 rings (SSSR count). The maximum atomic E-state index is 11.2. The van der Waals surface area contributed by atoms with Crippen molar-refractivity contribution >= 4 is 11.8 Å². The lowest BCUT2D eigenvalue weighted by Gasteiger charge is -2.20. The van der Waals surface area contributed by atoms with Gasteiger partial charge in [0.15, 0.2) is 0 Å². The second-order valence-electron chi connectivity index (χ2n) is 3.02. The summed E-state index contributed by atoms with van der Waals surface area (Å²) in [4.78, 5) is 23.5. The van der Waals surface area contributed by atoms with Crippen LogP contribution in [0.25, 0.3) is 0 Å². The summed E-state index contributed by atoms with van der Waals surface area (Å²) in [6, 6.07) is 0.148. The van der Waals surface area contributed by atoms with E-state index >= 15 is 0 Å². The summed E-state index contributed by atoms with van der Waals surface area (Å²) in [6.45, 7) is 1.44. The second kappa shape index (κ2) is 1.94. The normalized spacial score (nSPS) is 27.7. The molecule has 1 aliphatic heterocycles. The highest BCUT2D eigenvalue weighted by molar-refractivity contribution is 6.07. The first-order chi connectivity index (χ1) is 5.20. The van der Waals surface area contributed by atoms with Gasteiger partial charge >= 0.3 is 0 Å². The molecule has 0 aromatic rings. The van der Waals surface area contributed by atoms with Crippen LogP contribution in [0.5, 0.6) is 0 Å². The van der Waals surface area contributed by atoms with Gasteiger partial charge in [0.25, 0.3) is 5.91 Å². The highest BCUT2D eigenvalue weighted by Crippen LogP contribution is 2.33. The number of amides is 2. The van der Waals surface area contributed by atoms with E-state index in [9.17, 15) is 9.59 Å². The highest BCUT2D eigenvalue weighted by Gasteiger charge is 2.40. The molecule has 58 valence electrons. The van der Waals surface area contributed by atoms with Crippen LogP contribution in [-0.2, 0) is 9.59 Å². The molecule has 0 unspecified atom stereocenters. The molecule has 0 N–H and O–H groups in total. The largest absolute Gasteiger partial charge is 0.275 e. The van der Waals surface area contributed by atoms with E-state index in [4.69, 9.17) is 0 Å². The Balaban J connectivity index is 2.34. The molecule has 1 fully saturated rings. The fourth-order valence-electron chi connectivity index (χ4n) is 1.79. The number of fused-ring (bicyclic) bond motifs is 2. The van der Waals surface area contributed by atoms with Crippen molar-refractivity contribution in [1.29, 1.82) is 0 Å². The summed E-state index contributed by atoms with van der Waals surface area (Å²) >= 11 is 0. The van der Waals surface area contributed by atoms with Crippen molar-refractivity contribution < 1.29 is 9.59 Å². The van der Waals surface area contributed by atoms with E-state index in [1.807, 2.05) is 6.08 Å². The molecule has 0 spiro atoms. The Kier molecular flexibility index (Phi) is 1.16. The van der Waals surface area contributed by atoms with Crippen LogP contribution >= 0.6 is 0 Å². The molecule has 1 atom stereocenters. The van der Waals surface area contributed by atoms with E-state index in [1.165, 1.54) is 11.8 Å². The molecule has 2 aliphatic rings. The van der Waals surface area contributed by atoms with E-state index in [0.717, 1.165) is 18.4 Å². The number of carbonyl (C=O) groups excluding carboxylic acids is 2. The van der Waals surface area contributed by atoms with E-state index in [0.29, 0.717) is 0 Å². The molecule has 3 heteroatoms. The SMILES string of the molecule is CC(=O)N1C(=O)C2=CC[C@H]1C2. The lowest BCUT2D eigenvalue weighted by atomic mass is 10.2. The van der Waals surface area contributed by atoms with Gasteiger partial charge in [0.2, 0.25) is 5.91 Å². The van der Waals surface area contributed by atoms with Gasteiger partial charge in [-0.1, -0.05) is 6.08 Å². The number of carbonyl (C=O) groups is 2. The summed E-state index contributed by atoms with van der Waals surface area (Å²) in [7, 11) is 0. The Morgan fingerprint density at radius 1 is 1.73 bits per heavy atom. The van der Waals surface area contributed by atoms with Crippen molar-refractivity contribution in [2.45, 2.75) is 25.8 Å². The fraction of sp³-hybridized carbons (Fsp3) is 0.500. The zero-order valence-corrected chi connectivity index (χ0v) is 6.33. The van der Waals surface area contributed by atoms with Crippen LogP contribution in [0.1, 0.15) is 19.8 Å². The Bertz CT molecular complexity index is 267. The van der Waals surface area contributed by atoms with Crippen molar-refractivity contribution in [1.82, 2.24) is 4.90 Å². The lowest BCUT2D eigenvalue weighted by molar-refractivity contribution is -0.141. The lowest BCUT2D eigenvalue weighted by Crippen LogP contribution is -2.38. The van der Waals surface area contributed by atoms with Crippen molar-refractivity contribution in [3.05, 3.63) is 11.6 Å². The molecular weight excluding hydrogens is 142 g/mol. The molecule has 0 saturated carbocycles. The van der Waals surface area contributed by atoms with Crippen LogP contribution in [0.2, 0.25) is 0 Å². The van der Waals surface area contributed by atoms with Gasteiger partial charge in [-0.3, -0.25) is 14.5 Å². The Hall–Kier alpha value is -1.12. The monoisotopic (exact) mass is 151 g/mol. The molecule has 2 bridgehead atoms. The molecule has 0 aromatic carbocycles. The van der Waals surface area contributed by atoms with Crippen LogP contribution in [0.3, 0.4) is 0 Å². The molecule has 0 aromatic heterocycles. The van der Waals surface area contributed by atoms with Gasteiger partial charge in [0.1, 0.15) is 0 Å². The maximum Gasteiger partial charge on any atom is 0.256 e. The van der Waals surface area contributed by atoms with Crippen LogP contribution in [0.4, 0.5) is 0 Å². The molecule has 1 heterocycles. The fourth-order valence-corrected chi connectivity index (χ4v) is 1.79. The zero-order valence-electron chi connectivity index (χ0n) is 6.33. The minimum atomic E-state index is -0.122. The standard InChI is InChI=1S/C8H9NO2/c1-5(10)9-7-3-2-6(4-7)8(9)11/h2,7H,3-4H2,1H3/t7-/m0/s1. The number of imide groups is 1. The van der Waals surface area contributed by atoms with E-state index in [2.05, 4.69) is 0 Å². The summed E-state index contributed by atoms with van der Waals surface area (Å²) in [5, 5.41) is 0. The average Bonchev–Trinajstić information content (AvgIpc) is 2.44. The van der Waals surface area contributed by atoms with Gasteiger partial charge in [0, 0.05) is 18.5 Å². The van der Waals surface area contributed by atoms with Gasteiger partial charge in [-0.2, -0.15) is 0 Å². The van der Waals surface area contributed by atoms with Gasteiger partial charge < -0.3 is 0 Å². The number of likely N-dealkylation sites (tertiary alicyclic amines) is 1. The third-order valence-corrected chi connectivity index (χ3v) is 2.29. The van der Waals surface area contributed by atoms with Crippen molar-refractivity contribution in [2.75, 3.05) is 0 Å². The second-order valence-corrected chi connectivity index (χ2v) is 3.02. The summed E-state index contributed by atoms with van der Waals surface area (Å²) in [5.41, 5.74) is 0.824. The number of hydrogen-bond donors (Lipinski definition) is 0. The number of hydrogen-bond acceptors (Lipinski definition) is 2. The smallest absolute Gasteiger partial charge is 0.256 e. The first-order valence-electron chi connectivity index (χ1n) is 3.73. The van der Waals surface area contributed by atoms with Crippen molar-refractivity contribution in [2.24, 2.45) is 0 Å². The first kappa shape index (κ1) is 6.58. The predicted molar refractivity (Wildman–Crippen MR) is 38.6 cm³/mol. The molecular formula is C8H9NO2. The molecule has 11 heavy (non-hydrogen) atoms. The predicted octanol–water partition coefficient (Wildman–Crippen LogP) is 0.464. The molecule has 1 aliphatic carbocycles. The summed E-state index contributed by atoms with van der Waals surface area (Å²) in [5.74, 6) is -0.197. The average molecular weight is 151 g/mol. The number of nitrogens with zero attached hydrogens (tertiary/aromatic N) is 1. The molecule has 2 amide bonds. The summed E-state index contributed by atoms with van der Waals surface area (Å²) in [6.07, 6.45) is 3.57. The molecule has 1 saturated heterocycles. The summed E-state index contributed by atoms with van der Waals surface area (Å²) < 4.78 is 0. The van der Waals surface area contributed by atoms with Crippen LogP contribution in [0.15, 0.2) is 11.6 Å². The molecule has 3 nitrogen and oxygen atoms in total. The van der Waals surface area contributed by atoms with Gasteiger partial charge in [-0.25, -0.2) is 0 Å². The van der Waals surface area contributed by atoms with E-state index in [1.54, 1.807) is 0 Å².